The molecule has 2 aromatic heterocycles. The molecule has 0 aliphatic carbocycles. The van der Waals surface area contributed by atoms with Crippen LogP contribution in [-0.4, -0.2) is 71.6 Å². The van der Waals surface area contributed by atoms with Crippen LogP contribution < -0.4 is 25.2 Å². The third-order valence-electron chi connectivity index (χ3n) is 6.61. The zero-order valence-corrected chi connectivity index (χ0v) is 25.0. The minimum atomic E-state index is -4.99. The Labute approximate surface area is 259 Å². The van der Waals surface area contributed by atoms with E-state index in [0.29, 0.717) is 16.4 Å². The van der Waals surface area contributed by atoms with Crippen molar-refractivity contribution in [3.8, 4) is 11.5 Å². The number of carbonyl (C=O) groups is 1. The monoisotopic (exact) mass is 692 g/mol. The molecule has 1 aliphatic rings. The van der Waals surface area contributed by atoms with Gasteiger partial charge in [-0.2, -0.15) is 9.29 Å². The van der Waals surface area contributed by atoms with Gasteiger partial charge in [0.05, 0.1) is 4.90 Å². The lowest BCUT2D eigenvalue weighted by molar-refractivity contribution is -0.275. The van der Waals surface area contributed by atoms with Gasteiger partial charge < -0.3 is 19.7 Å². The number of alkyl halides is 6. The number of rotatable bonds is 8. The molecule has 46 heavy (non-hydrogen) atoms. The van der Waals surface area contributed by atoms with Crippen molar-refractivity contribution in [1.29, 1.82) is 0 Å². The van der Waals surface area contributed by atoms with Crippen LogP contribution >= 0.6 is 11.3 Å². The summed E-state index contributed by atoms with van der Waals surface area (Å²) < 4.78 is 113. The highest BCUT2D eigenvalue weighted by Gasteiger charge is 2.41. The van der Waals surface area contributed by atoms with E-state index in [1.807, 2.05) is 0 Å². The molecule has 5 rings (SSSR count). The normalized spacial score (nSPS) is 16.4. The minimum absolute atomic E-state index is 0.0443. The molecular weight excluding hydrogens is 670 g/mol. The standard InChI is InChI=1S/C26H22F6N6O6S2/c1-15-12-21(39)34-23-38(15)35-24(45-23)36-10-11-37(46(41,42)19-8-6-18(7-9-19)44-26(30,31)32)20(14-36)22(40)33-13-16-2-4-17(5-3-16)43-25(27,28)29/h2-9,12,20H,10-11,13-14H2,1H3,(H,33,40)/t20-/m1/s1. The Balaban J connectivity index is 1.40. The summed E-state index contributed by atoms with van der Waals surface area (Å²) in [5, 5.41) is 7.37. The first-order chi connectivity index (χ1) is 21.5. The second kappa shape index (κ2) is 12.4. The van der Waals surface area contributed by atoms with Crippen LogP contribution in [0, 0.1) is 6.92 Å². The Morgan fingerprint density at radius 1 is 0.978 bits per heavy atom. The van der Waals surface area contributed by atoms with Crippen LogP contribution in [0.25, 0.3) is 4.96 Å². The number of anilines is 1. The molecule has 1 aliphatic heterocycles. The lowest BCUT2D eigenvalue weighted by atomic mass is 10.2. The van der Waals surface area contributed by atoms with Crippen molar-refractivity contribution in [1.82, 2.24) is 24.2 Å². The Morgan fingerprint density at radius 3 is 2.15 bits per heavy atom. The van der Waals surface area contributed by atoms with E-state index in [-0.39, 0.29) is 31.1 Å². The number of amides is 1. The first kappa shape index (κ1) is 32.9. The van der Waals surface area contributed by atoms with Gasteiger partial charge in [-0.1, -0.05) is 23.5 Å². The minimum Gasteiger partial charge on any atom is -0.406 e. The fourth-order valence-electron chi connectivity index (χ4n) is 4.57. The van der Waals surface area contributed by atoms with E-state index < -0.39 is 56.7 Å². The highest BCUT2D eigenvalue weighted by atomic mass is 32.2. The number of nitrogens with one attached hydrogen (secondary N) is 1. The van der Waals surface area contributed by atoms with Crippen molar-refractivity contribution in [2.75, 3.05) is 24.5 Å². The third kappa shape index (κ3) is 7.68. The van der Waals surface area contributed by atoms with E-state index in [1.54, 1.807) is 11.8 Å². The summed E-state index contributed by atoms with van der Waals surface area (Å²) in [5.74, 6) is -1.89. The number of nitrogens with zero attached hydrogens (tertiary/aromatic N) is 5. The second-order valence-corrected chi connectivity index (χ2v) is 12.6. The molecule has 0 spiro atoms. The fraction of sp³-hybridized carbons (Fsp3) is 0.308. The average Bonchev–Trinajstić information content (AvgIpc) is 3.39. The van der Waals surface area contributed by atoms with Gasteiger partial charge in [0.15, 0.2) is 0 Å². The van der Waals surface area contributed by atoms with Gasteiger partial charge in [0.25, 0.3) is 5.56 Å². The first-order valence-corrected chi connectivity index (χ1v) is 15.4. The second-order valence-electron chi connectivity index (χ2n) is 9.82. The molecule has 0 unspecified atom stereocenters. The highest BCUT2D eigenvalue weighted by molar-refractivity contribution is 7.89. The molecule has 1 fully saturated rings. The summed E-state index contributed by atoms with van der Waals surface area (Å²) in [7, 11) is -4.46. The van der Waals surface area contributed by atoms with Crippen molar-refractivity contribution in [3.05, 3.63) is 76.2 Å². The zero-order chi connectivity index (χ0) is 33.4. The number of halogens is 6. The molecule has 1 N–H and O–H groups in total. The number of ether oxygens (including phenoxy) is 2. The van der Waals surface area contributed by atoms with Gasteiger partial charge in [-0.05, 0) is 48.9 Å². The molecule has 0 radical (unpaired) electrons. The van der Waals surface area contributed by atoms with Crippen LogP contribution in [-0.2, 0) is 21.4 Å². The lowest BCUT2D eigenvalue weighted by Gasteiger charge is -2.39. The average molecular weight is 693 g/mol. The van der Waals surface area contributed by atoms with Crippen LogP contribution in [0.2, 0.25) is 0 Å². The number of carbonyl (C=O) groups excluding carboxylic acids is 1. The molecular formula is C26H22F6N6O6S2. The van der Waals surface area contributed by atoms with Crippen molar-refractivity contribution in [3.63, 3.8) is 0 Å². The largest absolute Gasteiger partial charge is 0.573 e. The number of aryl methyl sites for hydroxylation is 1. The summed E-state index contributed by atoms with van der Waals surface area (Å²) in [6.07, 6.45) is -9.88. The number of benzene rings is 2. The molecule has 0 saturated carbocycles. The predicted molar refractivity (Wildman–Crippen MR) is 150 cm³/mol. The Hall–Kier alpha value is -4.43. The summed E-state index contributed by atoms with van der Waals surface area (Å²) in [5.41, 5.74) is 0.394. The molecule has 12 nitrogen and oxygen atoms in total. The number of aromatic nitrogens is 3. The predicted octanol–water partition coefficient (Wildman–Crippen LogP) is 3.45. The van der Waals surface area contributed by atoms with Gasteiger partial charge >= 0.3 is 12.7 Å². The van der Waals surface area contributed by atoms with Crippen molar-refractivity contribution >= 4 is 37.4 Å². The molecule has 3 heterocycles. The Morgan fingerprint density at radius 2 is 1.57 bits per heavy atom. The van der Waals surface area contributed by atoms with Crippen LogP contribution in [0.1, 0.15) is 11.3 Å². The molecule has 2 aromatic carbocycles. The van der Waals surface area contributed by atoms with Crippen LogP contribution in [0.3, 0.4) is 0 Å². The van der Waals surface area contributed by atoms with Crippen molar-refractivity contribution < 1.29 is 49.0 Å². The van der Waals surface area contributed by atoms with E-state index in [1.165, 1.54) is 22.7 Å². The topological polar surface area (TPSA) is 135 Å². The molecule has 4 aromatic rings. The van der Waals surface area contributed by atoms with Crippen molar-refractivity contribution in [2.24, 2.45) is 0 Å². The summed E-state index contributed by atoms with van der Waals surface area (Å²) in [6.45, 7) is 1.04. The SMILES string of the molecule is Cc1cc(=O)nc2sc(N3CCN(S(=O)(=O)c4ccc(OC(F)(F)F)cc4)[C@@H](C(=O)NCc4ccc(OC(F)(F)F)cc4)C3)nn12. The molecule has 246 valence electrons. The van der Waals surface area contributed by atoms with Crippen LogP contribution in [0.4, 0.5) is 31.5 Å². The van der Waals surface area contributed by atoms with E-state index in [2.05, 4.69) is 24.9 Å². The maximum Gasteiger partial charge on any atom is 0.573 e. The number of fused-ring (bicyclic) bond motifs is 1. The quantitative estimate of drug-likeness (QED) is 0.276. The van der Waals surface area contributed by atoms with Gasteiger partial charge in [-0.15, -0.1) is 31.4 Å². The zero-order valence-electron chi connectivity index (χ0n) is 23.4. The Kier molecular flexibility index (Phi) is 8.88. The first-order valence-electron chi connectivity index (χ1n) is 13.1. The van der Waals surface area contributed by atoms with Gasteiger partial charge in [0.2, 0.25) is 26.0 Å². The van der Waals surface area contributed by atoms with Gasteiger partial charge in [-0.3, -0.25) is 9.59 Å². The maximum atomic E-state index is 13.7. The smallest absolute Gasteiger partial charge is 0.406 e. The van der Waals surface area contributed by atoms with Crippen LogP contribution in [0.5, 0.6) is 11.5 Å². The van der Waals surface area contributed by atoms with E-state index in [0.717, 1.165) is 52.0 Å². The summed E-state index contributed by atoms with van der Waals surface area (Å²) in [4.78, 5) is 30.8. The maximum absolute atomic E-state index is 13.7. The number of piperazine rings is 1. The molecule has 0 bridgehead atoms. The molecule has 1 atom stereocenters. The lowest BCUT2D eigenvalue weighted by Crippen LogP contribution is -2.60. The van der Waals surface area contributed by atoms with Gasteiger partial charge in [0.1, 0.15) is 17.5 Å². The number of hydrogen-bond donors (Lipinski definition) is 1. The summed E-state index contributed by atoms with van der Waals surface area (Å²) >= 11 is 1.04. The van der Waals surface area contributed by atoms with Gasteiger partial charge in [0, 0.05) is 37.9 Å². The fourth-order valence-corrected chi connectivity index (χ4v) is 7.13. The number of sulfonamides is 1. The third-order valence-corrected chi connectivity index (χ3v) is 9.51. The Bertz CT molecular complexity index is 1900. The molecule has 1 saturated heterocycles. The van der Waals surface area contributed by atoms with Gasteiger partial charge in [-0.25, -0.2) is 12.9 Å². The van der Waals surface area contributed by atoms with E-state index >= 15 is 0 Å². The summed E-state index contributed by atoms with van der Waals surface area (Å²) in [6, 6.07) is 8.05. The highest BCUT2D eigenvalue weighted by Crippen LogP contribution is 2.30. The van der Waals surface area contributed by atoms with Crippen molar-refractivity contribution in [2.45, 2.75) is 37.1 Å². The van der Waals surface area contributed by atoms with E-state index in [4.69, 9.17) is 0 Å². The molecule has 20 heteroatoms. The van der Waals surface area contributed by atoms with E-state index in [9.17, 15) is 44.3 Å². The number of hydrogen-bond acceptors (Lipinski definition) is 10. The van der Waals surface area contributed by atoms with Crippen LogP contribution in [0.15, 0.2) is 64.3 Å². The molecule has 1 amide bonds.